The highest BCUT2D eigenvalue weighted by atomic mass is 32.2. The molecule has 1 rings (SSSR count). The molecule has 1 aromatic rings. The smallest absolute Gasteiger partial charge is 0.144 e. The zero-order valence-electron chi connectivity index (χ0n) is 10.3. The Morgan fingerprint density at radius 1 is 1.41 bits per heavy atom. The van der Waals surface area contributed by atoms with Gasteiger partial charge >= 0.3 is 0 Å². The number of thiol groups is 1. The maximum atomic E-state index is 13.6. The third-order valence-electron chi connectivity index (χ3n) is 2.09. The van der Waals surface area contributed by atoms with E-state index in [4.69, 9.17) is 0 Å². The van der Waals surface area contributed by atoms with E-state index in [1.807, 2.05) is 20.8 Å². The fourth-order valence-corrected chi connectivity index (χ4v) is 1.92. The predicted octanol–water partition coefficient (Wildman–Crippen LogP) is 3.39. The van der Waals surface area contributed by atoms with E-state index in [-0.39, 0.29) is 0 Å². The molecular formula is C12H16FNOS2. The average Bonchev–Trinajstić information content (AvgIpc) is 2.15. The topological polar surface area (TPSA) is 35.4 Å². The van der Waals surface area contributed by atoms with E-state index in [0.29, 0.717) is 16.2 Å². The highest BCUT2D eigenvalue weighted by Gasteiger charge is 2.27. The molecule has 0 bridgehead atoms. The molecule has 0 saturated carbocycles. The Kier molecular flexibility index (Phi) is 4.63. The molecule has 0 aliphatic rings. The van der Waals surface area contributed by atoms with Gasteiger partial charge in [0.05, 0.1) is 5.71 Å². The lowest BCUT2D eigenvalue weighted by Crippen LogP contribution is -2.26. The van der Waals surface area contributed by atoms with E-state index in [9.17, 15) is 8.94 Å². The van der Waals surface area contributed by atoms with Gasteiger partial charge in [-0.25, -0.2) is 4.39 Å². The quantitative estimate of drug-likeness (QED) is 0.500. The molecular weight excluding hydrogens is 257 g/mol. The molecule has 5 heteroatoms. The Morgan fingerprint density at radius 3 is 2.47 bits per heavy atom. The lowest BCUT2D eigenvalue weighted by molar-refractivity contribution is 0.561. The maximum absolute atomic E-state index is 13.6. The number of nitrogens with zero attached hydrogens (tertiary/aromatic N) is 1. The summed E-state index contributed by atoms with van der Waals surface area (Å²) >= 11 is 2.67. The lowest BCUT2D eigenvalue weighted by atomic mass is 10.1. The molecule has 0 N–H and O–H groups in total. The van der Waals surface area contributed by atoms with Crippen LogP contribution in [0.4, 0.5) is 4.39 Å². The monoisotopic (exact) mass is 273 g/mol. The minimum Gasteiger partial charge on any atom is -0.591 e. The average molecular weight is 273 g/mol. The molecule has 1 aromatic carbocycles. The van der Waals surface area contributed by atoms with Gasteiger partial charge in [0.25, 0.3) is 0 Å². The second-order valence-electron chi connectivity index (χ2n) is 4.70. The van der Waals surface area contributed by atoms with E-state index >= 15 is 0 Å². The van der Waals surface area contributed by atoms with Gasteiger partial charge in [0, 0.05) is 10.5 Å². The third kappa shape index (κ3) is 4.01. The predicted molar refractivity (Wildman–Crippen MR) is 73.8 cm³/mol. The largest absolute Gasteiger partial charge is 0.591 e. The van der Waals surface area contributed by atoms with Gasteiger partial charge in [0.2, 0.25) is 0 Å². The molecule has 94 valence electrons. The van der Waals surface area contributed by atoms with Gasteiger partial charge in [0.15, 0.2) is 0 Å². The van der Waals surface area contributed by atoms with Crippen molar-refractivity contribution >= 4 is 29.7 Å². The second kappa shape index (κ2) is 5.42. The summed E-state index contributed by atoms with van der Waals surface area (Å²) < 4.78 is 29.0. The summed E-state index contributed by atoms with van der Waals surface area (Å²) in [5, 5.41) is 0. The molecule has 1 unspecified atom stereocenters. The van der Waals surface area contributed by atoms with Crippen LogP contribution in [-0.4, -0.2) is 15.0 Å². The van der Waals surface area contributed by atoms with Crippen LogP contribution >= 0.6 is 12.6 Å². The van der Waals surface area contributed by atoms with E-state index in [0.717, 1.165) is 0 Å². The summed E-state index contributed by atoms with van der Waals surface area (Å²) in [7, 11) is 0. The van der Waals surface area contributed by atoms with Crippen LogP contribution in [0.5, 0.6) is 0 Å². The molecule has 0 spiro atoms. The molecule has 0 amide bonds. The lowest BCUT2D eigenvalue weighted by Gasteiger charge is -2.18. The first-order valence-electron chi connectivity index (χ1n) is 5.18. The summed E-state index contributed by atoms with van der Waals surface area (Å²) in [4.78, 5) is 0.552. The summed E-state index contributed by atoms with van der Waals surface area (Å²) in [5.74, 6) is -0.398. The first-order valence-corrected chi connectivity index (χ1v) is 6.73. The summed E-state index contributed by atoms with van der Waals surface area (Å²) in [6.07, 6.45) is 0. The summed E-state index contributed by atoms with van der Waals surface area (Å²) in [5.41, 5.74) is 0.796. The van der Waals surface area contributed by atoms with Crippen LogP contribution in [0, 0.1) is 5.82 Å². The third-order valence-corrected chi connectivity index (χ3v) is 3.85. The van der Waals surface area contributed by atoms with Crippen LogP contribution in [0.25, 0.3) is 0 Å². The highest BCUT2D eigenvalue weighted by molar-refractivity contribution is 7.91. The van der Waals surface area contributed by atoms with Crippen molar-refractivity contribution in [3.8, 4) is 0 Å². The van der Waals surface area contributed by atoms with Gasteiger partial charge in [-0.1, -0.05) is 4.40 Å². The van der Waals surface area contributed by atoms with Gasteiger partial charge in [0.1, 0.15) is 21.9 Å². The maximum Gasteiger partial charge on any atom is 0.144 e. The fraction of sp³-hybridized carbons (Fsp3) is 0.417. The normalized spacial score (nSPS) is 14.9. The summed E-state index contributed by atoms with van der Waals surface area (Å²) in [6, 6.07) is 4.59. The first-order chi connectivity index (χ1) is 7.71. The Morgan fingerprint density at radius 2 is 2.00 bits per heavy atom. The molecule has 0 aliphatic heterocycles. The van der Waals surface area contributed by atoms with E-state index < -0.39 is 21.9 Å². The first kappa shape index (κ1) is 14.5. The van der Waals surface area contributed by atoms with Gasteiger partial charge in [-0.15, -0.1) is 12.6 Å². The zero-order valence-corrected chi connectivity index (χ0v) is 12.0. The van der Waals surface area contributed by atoms with Crippen LogP contribution in [0.15, 0.2) is 27.5 Å². The van der Waals surface area contributed by atoms with Crippen molar-refractivity contribution in [2.75, 3.05) is 0 Å². The highest BCUT2D eigenvalue weighted by Crippen LogP contribution is 2.20. The minimum atomic E-state index is -1.38. The second-order valence-corrected chi connectivity index (χ2v) is 7.12. The van der Waals surface area contributed by atoms with Crippen molar-refractivity contribution in [3.05, 3.63) is 29.6 Å². The van der Waals surface area contributed by atoms with Crippen LogP contribution in [-0.2, 0) is 11.4 Å². The van der Waals surface area contributed by atoms with Crippen LogP contribution in [0.3, 0.4) is 0 Å². The van der Waals surface area contributed by atoms with Crippen molar-refractivity contribution in [1.29, 1.82) is 0 Å². The van der Waals surface area contributed by atoms with Crippen LogP contribution < -0.4 is 0 Å². The Balaban J connectivity index is 3.04. The number of rotatable bonds is 2. The van der Waals surface area contributed by atoms with Gasteiger partial charge < -0.3 is 4.55 Å². The number of halogens is 1. The van der Waals surface area contributed by atoms with Gasteiger partial charge in [-0.05, 0) is 45.9 Å². The van der Waals surface area contributed by atoms with Crippen molar-refractivity contribution < 1.29 is 8.94 Å². The Hall–Kier alpha value is -0.520. The summed E-state index contributed by atoms with van der Waals surface area (Å²) in [6.45, 7) is 7.13. The van der Waals surface area contributed by atoms with Crippen molar-refractivity contribution in [2.45, 2.75) is 37.3 Å². The molecule has 0 radical (unpaired) electrons. The molecule has 0 aromatic heterocycles. The standard InChI is InChI=1S/C12H16FNOS2/c1-8(14-17(15)12(2,3)4)10-6-5-9(16)7-11(10)13/h5-7,16H,1-4H3. The van der Waals surface area contributed by atoms with Crippen LogP contribution in [0.1, 0.15) is 33.3 Å². The van der Waals surface area contributed by atoms with Gasteiger partial charge in [-0.3, -0.25) is 0 Å². The SMILES string of the molecule is CC(=N[S+]([O-])C(C)(C)C)c1ccc(S)cc1F. The number of hydrogen-bond acceptors (Lipinski definition) is 3. The Labute approximate surface area is 110 Å². The molecule has 0 saturated heterocycles. The van der Waals surface area contributed by atoms with E-state index in [1.165, 1.54) is 6.07 Å². The fourth-order valence-electron chi connectivity index (χ4n) is 1.11. The van der Waals surface area contributed by atoms with E-state index in [2.05, 4.69) is 17.0 Å². The molecule has 0 aliphatic carbocycles. The minimum absolute atomic E-state index is 0.361. The van der Waals surface area contributed by atoms with Crippen LogP contribution in [0.2, 0.25) is 0 Å². The van der Waals surface area contributed by atoms with Crippen molar-refractivity contribution in [3.63, 3.8) is 0 Å². The Bertz CT molecular complexity index is 441. The zero-order chi connectivity index (χ0) is 13.2. The van der Waals surface area contributed by atoms with E-state index in [1.54, 1.807) is 19.1 Å². The molecule has 2 nitrogen and oxygen atoms in total. The molecule has 1 atom stereocenters. The molecule has 17 heavy (non-hydrogen) atoms. The van der Waals surface area contributed by atoms with Crippen molar-refractivity contribution in [2.24, 2.45) is 4.40 Å². The van der Waals surface area contributed by atoms with Gasteiger partial charge in [-0.2, -0.15) is 0 Å². The number of benzene rings is 1. The van der Waals surface area contributed by atoms with Crippen molar-refractivity contribution in [1.82, 2.24) is 0 Å². The molecule has 0 fully saturated rings. The number of hydrogen-bond donors (Lipinski definition) is 1. The molecule has 0 heterocycles.